The summed E-state index contributed by atoms with van der Waals surface area (Å²) in [5, 5.41) is 0. The van der Waals surface area contributed by atoms with Gasteiger partial charge in [-0.15, -0.1) is 0 Å². The normalized spacial score (nSPS) is 11.6. The van der Waals surface area contributed by atoms with Gasteiger partial charge in [-0.3, -0.25) is 0 Å². The van der Waals surface area contributed by atoms with E-state index >= 15 is 0 Å². The molecule has 0 amide bonds. The minimum Gasteiger partial charge on any atom is -0.460 e. The van der Waals surface area contributed by atoms with Gasteiger partial charge in [0, 0.05) is 12.0 Å². The number of halogens is 2. The maximum Gasteiger partial charge on any atom is 0.141 e. The summed E-state index contributed by atoms with van der Waals surface area (Å²) in [6.45, 7) is 2.20. The number of unbranched alkanes of at least 4 members (excludes halogenated alkanes) is 3. The molecule has 0 aliphatic rings. The molecule has 0 fully saturated rings. The fourth-order valence-electron chi connectivity index (χ4n) is 1.52. The third kappa shape index (κ3) is 5.60. The Kier molecular flexibility index (Phi) is 7.38. The van der Waals surface area contributed by atoms with Crippen molar-refractivity contribution in [2.75, 3.05) is 0 Å². The molecule has 0 aromatic heterocycles. The molecule has 1 nitrogen and oxygen atoms in total. The number of hydrogen-bond acceptors (Lipinski definition) is 1. The minimum absolute atomic E-state index is 0.815. The van der Waals surface area contributed by atoms with Crippen LogP contribution < -0.4 is 4.74 Å². The van der Waals surface area contributed by atoms with Gasteiger partial charge in [0.2, 0.25) is 0 Å². The number of hydrogen-bond donors (Lipinski definition) is 0. The van der Waals surface area contributed by atoms with Crippen LogP contribution >= 0.6 is 27.5 Å². The lowest BCUT2D eigenvalue weighted by atomic mass is 10.1. The molecule has 0 N–H and O–H groups in total. The summed E-state index contributed by atoms with van der Waals surface area (Å²) < 4.78 is 6.71. The van der Waals surface area contributed by atoms with Gasteiger partial charge in [0.05, 0.1) is 4.47 Å². The van der Waals surface area contributed by atoms with Crippen LogP contribution in [0.3, 0.4) is 0 Å². The highest BCUT2D eigenvalue weighted by atomic mass is 79.9. The zero-order chi connectivity index (χ0) is 12.5. The van der Waals surface area contributed by atoms with Gasteiger partial charge in [0.25, 0.3) is 0 Å². The van der Waals surface area contributed by atoms with Crippen LogP contribution in [-0.4, -0.2) is 0 Å². The number of para-hydroxylation sites is 1. The van der Waals surface area contributed by atoms with Crippen LogP contribution in [0.2, 0.25) is 0 Å². The highest BCUT2D eigenvalue weighted by Gasteiger charge is 2.04. The Balaban J connectivity index is 2.45. The molecular formula is C14H18BrClO. The Morgan fingerprint density at radius 2 is 2.06 bits per heavy atom. The summed E-state index contributed by atoms with van der Waals surface area (Å²) >= 11 is 9.23. The molecule has 0 aliphatic carbocycles. The minimum atomic E-state index is 0.815. The lowest BCUT2D eigenvalue weighted by Gasteiger charge is -2.10. The van der Waals surface area contributed by atoms with E-state index in [1.54, 1.807) is 0 Å². The SMILES string of the molecule is CCCCCC/C(=C\Cl)Oc1ccccc1Br. The van der Waals surface area contributed by atoms with Crippen LogP contribution in [0.25, 0.3) is 0 Å². The smallest absolute Gasteiger partial charge is 0.141 e. The van der Waals surface area contributed by atoms with Crippen LogP contribution in [0.1, 0.15) is 39.0 Å². The first-order chi connectivity index (χ1) is 8.27. The summed E-state index contributed by atoms with van der Waals surface area (Å²) in [7, 11) is 0. The Bertz CT molecular complexity index is 363. The number of benzene rings is 1. The molecule has 1 aromatic rings. The topological polar surface area (TPSA) is 9.23 Å². The molecule has 17 heavy (non-hydrogen) atoms. The third-order valence-corrected chi connectivity index (χ3v) is 3.37. The molecule has 0 heterocycles. The first-order valence-electron chi connectivity index (χ1n) is 5.99. The van der Waals surface area contributed by atoms with Crippen molar-refractivity contribution in [1.29, 1.82) is 0 Å². The summed E-state index contributed by atoms with van der Waals surface area (Å²) in [5.74, 6) is 1.64. The van der Waals surface area contributed by atoms with Crippen molar-refractivity contribution in [1.82, 2.24) is 0 Å². The summed E-state index contributed by atoms with van der Waals surface area (Å²) in [4.78, 5) is 0. The fraction of sp³-hybridized carbons (Fsp3) is 0.429. The molecule has 0 radical (unpaired) electrons. The summed E-state index contributed by atoms with van der Waals surface area (Å²) in [5.41, 5.74) is 1.53. The maximum absolute atomic E-state index is 5.78. The fourth-order valence-corrected chi connectivity index (χ4v) is 2.04. The second-order valence-electron chi connectivity index (χ2n) is 3.92. The van der Waals surface area contributed by atoms with E-state index in [2.05, 4.69) is 22.9 Å². The van der Waals surface area contributed by atoms with Crippen molar-refractivity contribution in [3.63, 3.8) is 0 Å². The van der Waals surface area contributed by atoms with Crippen molar-refractivity contribution >= 4 is 27.5 Å². The largest absolute Gasteiger partial charge is 0.460 e. The van der Waals surface area contributed by atoms with Crippen molar-refractivity contribution in [2.45, 2.75) is 39.0 Å². The van der Waals surface area contributed by atoms with Crippen LogP contribution in [0.5, 0.6) is 5.75 Å². The van der Waals surface area contributed by atoms with E-state index in [0.717, 1.165) is 28.8 Å². The van der Waals surface area contributed by atoms with Crippen molar-refractivity contribution < 1.29 is 4.74 Å². The predicted octanol–water partition coefficient (Wildman–Crippen LogP) is 5.88. The van der Waals surface area contributed by atoms with E-state index in [-0.39, 0.29) is 0 Å². The highest BCUT2D eigenvalue weighted by molar-refractivity contribution is 9.10. The molecule has 94 valence electrons. The maximum atomic E-state index is 5.78. The van der Waals surface area contributed by atoms with Crippen molar-refractivity contribution in [3.05, 3.63) is 40.0 Å². The monoisotopic (exact) mass is 316 g/mol. The second kappa shape index (κ2) is 8.60. The van der Waals surface area contributed by atoms with Gasteiger partial charge in [-0.1, -0.05) is 49.9 Å². The summed E-state index contributed by atoms with van der Waals surface area (Å²) in [6, 6.07) is 7.79. The Hall–Kier alpha value is -0.470. The Morgan fingerprint density at radius 1 is 1.29 bits per heavy atom. The van der Waals surface area contributed by atoms with E-state index in [1.807, 2.05) is 24.3 Å². The number of rotatable bonds is 7. The molecule has 0 saturated heterocycles. The van der Waals surface area contributed by atoms with E-state index < -0.39 is 0 Å². The van der Waals surface area contributed by atoms with Gasteiger partial charge in [-0.2, -0.15) is 0 Å². The molecule has 1 aromatic carbocycles. The van der Waals surface area contributed by atoms with Gasteiger partial charge in [0.1, 0.15) is 11.5 Å². The van der Waals surface area contributed by atoms with Gasteiger partial charge in [0.15, 0.2) is 0 Å². The van der Waals surface area contributed by atoms with Gasteiger partial charge in [-0.25, -0.2) is 0 Å². The lowest BCUT2D eigenvalue weighted by molar-refractivity contribution is 0.395. The van der Waals surface area contributed by atoms with Crippen molar-refractivity contribution in [3.8, 4) is 5.75 Å². The van der Waals surface area contributed by atoms with Gasteiger partial charge >= 0.3 is 0 Å². The lowest BCUT2D eigenvalue weighted by Crippen LogP contribution is -1.95. The average Bonchev–Trinajstić information content (AvgIpc) is 2.35. The third-order valence-electron chi connectivity index (χ3n) is 2.48. The molecule has 0 bridgehead atoms. The van der Waals surface area contributed by atoms with Gasteiger partial charge in [-0.05, 0) is 34.5 Å². The van der Waals surface area contributed by atoms with E-state index in [1.165, 1.54) is 24.8 Å². The Morgan fingerprint density at radius 3 is 2.71 bits per heavy atom. The second-order valence-corrected chi connectivity index (χ2v) is 4.99. The Labute approximate surface area is 117 Å². The highest BCUT2D eigenvalue weighted by Crippen LogP contribution is 2.27. The predicted molar refractivity (Wildman–Crippen MR) is 77.5 cm³/mol. The van der Waals surface area contributed by atoms with E-state index in [4.69, 9.17) is 16.3 Å². The molecule has 0 saturated carbocycles. The molecular weight excluding hydrogens is 300 g/mol. The summed E-state index contributed by atoms with van der Waals surface area (Å²) in [6.07, 6.45) is 5.75. The molecule has 0 spiro atoms. The van der Waals surface area contributed by atoms with Crippen molar-refractivity contribution in [2.24, 2.45) is 0 Å². The first kappa shape index (κ1) is 14.6. The van der Waals surface area contributed by atoms with Crippen LogP contribution in [-0.2, 0) is 0 Å². The molecule has 1 rings (SSSR count). The van der Waals surface area contributed by atoms with Crippen LogP contribution in [0.4, 0.5) is 0 Å². The standard InChI is InChI=1S/C14H18BrClO/c1-2-3-4-5-8-12(11-16)17-14-10-7-6-9-13(14)15/h6-7,9-11H,2-5,8H2,1H3/b12-11+. The zero-order valence-corrected chi connectivity index (χ0v) is 12.4. The molecule has 0 unspecified atom stereocenters. The average molecular weight is 318 g/mol. The first-order valence-corrected chi connectivity index (χ1v) is 7.22. The quantitative estimate of drug-likeness (QED) is 0.451. The number of ether oxygens (including phenoxy) is 1. The van der Waals surface area contributed by atoms with E-state index in [0.29, 0.717) is 0 Å². The van der Waals surface area contributed by atoms with E-state index in [9.17, 15) is 0 Å². The molecule has 0 aliphatic heterocycles. The van der Waals surface area contributed by atoms with Gasteiger partial charge < -0.3 is 4.74 Å². The van der Waals surface area contributed by atoms with Crippen LogP contribution in [0, 0.1) is 0 Å². The molecule has 3 heteroatoms. The van der Waals surface area contributed by atoms with Crippen LogP contribution in [0.15, 0.2) is 40.0 Å². The molecule has 0 atom stereocenters. The number of allylic oxidation sites excluding steroid dienone is 1. The zero-order valence-electron chi connectivity index (χ0n) is 10.1.